The van der Waals surface area contributed by atoms with Gasteiger partial charge in [-0.25, -0.2) is 0 Å². The fourth-order valence-electron chi connectivity index (χ4n) is 3.81. The standard InChI is InChI=1S/C22H24F3N7O2/c1-3-19-27-28-21(34-19)16-8-10-31(11-9-16)20(33)7-5-15-4-6-18(22(23,24)25)12-17(15)13-32-29-14(2)26-30-32/h4-7,12,16H,3,8-11,13H2,1-2H3/b7-5+. The zero-order valence-corrected chi connectivity index (χ0v) is 18.8. The van der Waals surface area contributed by atoms with Crippen molar-refractivity contribution in [2.45, 2.75) is 51.7 Å². The highest BCUT2D eigenvalue weighted by Crippen LogP contribution is 2.31. The van der Waals surface area contributed by atoms with Gasteiger partial charge in [-0.1, -0.05) is 13.0 Å². The third-order valence-electron chi connectivity index (χ3n) is 5.68. The number of carbonyl (C=O) groups excluding carboxylic acids is 1. The van der Waals surface area contributed by atoms with Crippen molar-refractivity contribution in [3.8, 4) is 0 Å². The second-order valence-electron chi connectivity index (χ2n) is 8.10. The molecule has 0 radical (unpaired) electrons. The summed E-state index contributed by atoms with van der Waals surface area (Å²) in [4.78, 5) is 15.7. The van der Waals surface area contributed by atoms with E-state index in [9.17, 15) is 18.0 Å². The smallest absolute Gasteiger partial charge is 0.416 e. The van der Waals surface area contributed by atoms with Crippen molar-refractivity contribution in [1.29, 1.82) is 0 Å². The van der Waals surface area contributed by atoms with Crippen molar-refractivity contribution in [2.75, 3.05) is 13.1 Å². The molecule has 1 saturated heterocycles. The maximum Gasteiger partial charge on any atom is 0.416 e. The van der Waals surface area contributed by atoms with Crippen LogP contribution in [0.15, 0.2) is 28.7 Å². The number of nitrogens with zero attached hydrogens (tertiary/aromatic N) is 7. The average molecular weight is 475 g/mol. The molecule has 0 N–H and O–H groups in total. The minimum atomic E-state index is -4.49. The van der Waals surface area contributed by atoms with Crippen LogP contribution in [-0.2, 0) is 23.9 Å². The molecule has 0 atom stereocenters. The maximum absolute atomic E-state index is 13.2. The van der Waals surface area contributed by atoms with Crippen molar-refractivity contribution in [1.82, 2.24) is 35.3 Å². The Morgan fingerprint density at radius 1 is 1.21 bits per heavy atom. The van der Waals surface area contributed by atoms with E-state index >= 15 is 0 Å². The maximum atomic E-state index is 13.2. The molecule has 12 heteroatoms. The van der Waals surface area contributed by atoms with Crippen LogP contribution in [0.5, 0.6) is 0 Å². The van der Waals surface area contributed by atoms with Gasteiger partial charge in [0, 0.05) is 31.5 Å². The number of tetrazole rings is 1. The van der Waals surface area contributed by atoms with Gasteiger partial charge in [-0.15, -0.1) is 20.4 Å². The lowest BCUT2D eigenvalue weighted by Crippen LogP contribution is -2.36. The van der Waals surface area contributed by atoms with Crippen LogP contribution in [0.25, 0.3) is 6.08 Å². The lowest BCUT2D eigenvalue weighted by Gasteiger charge is -2.29. The summed E-state index contributed by atoms with van der Waals surface area (Å²) in [6.45, 7) is 4.63. The number of amides is 1. The molecule has 1 aliphatic rings. The summed E-state index contributed by atoms with van der Waals surface area (Å²) in [5, 5.41) is 19.7. The topological polar surface area (TPSA) is 103 Å². The van der Waals surface area contributed by atoms with Crippen LogP contribution in [0, 0.1) is 6.92 Å². The van der Waals surface area contributed by atoms with Gasteiger partial charge in [-0.05, 0) is 54.3 Å². The van der Waals surface area contributed by atoms with E-state index < -0.39 is 11.7 Å². The number of benzene rings is 1. The lowest BCUT2D eigenvalue weighted by atomic mass is 9.96. The van der Waals surface area contributed by atoms with Gasteiger partial charge in [-0.2, -0.15) is 18.0 Å². The molecule has 4 rings (SSSR count). The van der Waals surface area contributed by atoms with Gasteiger partial charge >= 0.3 is 6.18 Å². The number of aryl methyl sites for hydroxylation is 2. The predicted octanol–water partition coefficient (Wildman–Crippen LogP) is 3.41. The van der Waals surface area contributed by atoms with Crippen molar-refractivity contribution in [3.63, 3.8) is 0 Å². The number of hydrogen-bond acceptors (Lipinski definition) is 7. The van der Waals surface area contributed by atoms with Crippen LogP contribution in [0.1, 0.15) is 60.0 Å². The van der Waals surface area contributed by atoms with Gasteiger partial charge in [-0.3, -0.25) is 4.79 Å². The molecule has 0 saturated carbocycles. The molecule has 0 unspecified atom stereocenters. The molecule has 1 aliphatic heterocycles. The van der Waals surface area contributed by atoms with Crippen molar-refractivity contribution >= 4 is 12.0 Å². The van der Waals surface area contributed by atoms with E-state index in [1.807, 2.05) is 6.92 Å². The number of piperidine rings is 1. The number of hydrogen-bond donors (Lipinski definition) is 0. The fourth-order valence-corrected chi connectivity index (χ4v) is 3.81. The minimum absolute atomic E-state index is 0.00600. The van der Waals surface area contributed by atoms with Crippen LogP contribution in [0.3, 0.4) is 0 Å². The van der Waals surface area contributed by atoms with Gasteiger partial charge < -0.3 is 9.32 Å². The van der Waals surface area contributed by atoms with Gasteiger partial charge in [0.05, 0.1) is 12.1 Å². The van der Waals surface area contributed by atoms with Gasteiger partial charge in [0.25, 0.3) is 0 Å². The summed E-state index contributed by atoms with van der Waals surface area (Å²) in [5.41, 5.74) is 0.0272. The summed E-state index contributed by atoms with van der Waals surface area (Å²) in [6, 6.07) is 3.39. The van der Waals surface area contributed by atoms with Gasteiger partial charge in [0.15, 0.2) is 5.82 Å². The molecule has 9 nitrogen and oxygen atoms in total. The normalized spacial score (nSPS) is 15.4. The first-order valence-corrected chi connectivity index (χ1v) is 11.0. The Bertz CT molecular complexity index is 1180. The van der Waals surface area contributed by atoms with Crippen LogP contribution < -0.4 is 0 Å². The first-order valence-electron chi connectivity index (χ1n) is 11.0. The number of likely N-dealkylation sites (tertiary alicyclic amines) is 1. The van der Waals surface area contributed by atoms with Crippen LogP contribution in [-0.4, -0.2) is 54.3 Å². The van der Waals surface area contributed by atoms with Crippen molar-refractivity contribution in [2.24, 2.45) is 0 Å². The highest BCUT2D eigenvalue weighted by atomic mass is 19.4. The molecule has 2 aromatic heterocycles. The Balaban J connectivity index is 1.45. The summed E-state index contributed by atoms with van der Waals surface area (Å²) < 4.78 is 45.3. The third-order valence-corrected chi connectivity index (χ3v) is 5.68. The average Bonchev–Trinajstić information content (AvgIpc) is 3.46. The summed E-state index contributed by atoms with van der Waals surface area (Å²) in [5.74, 6) is 1.51. The number of carbonyl (C=O) groups is 1. The molecule has 1 amide bonds. The largest absolute Gasteiger partial charge is 0.425 e. The fraction of sp³-hybridized carbons (Fsp3) is 0.455. The van der Waals surface area contributed by atoms with Crippen molar-refractivity contribution < 1.29 is 22.4 Å². The second kappa shape index (κ2) is 9.74. The molecule has 0 spiro atoms. The first-order chi connectivity index (χ1) is 16.2. The minimum Gasteiger partial charge on any atom is -0.425 e. The lowest BCUT2D eigenvalue weighted by molar-refractivity contribution is -0.137. The first kappa shape index (κ1) is 23.6. The van der Waals surface area contributed by atoms with Crippen LogP contribution >= 0.6 is 0 Å². The molecule has 1 aromatic carbocycles. The molecule has 34 heavy (non-hydrogen) atoms. The van der Waals surface area contributed by atoms with E-state index in [-0.39, 0.29) is 18.4 Å². The van der Waals surface area contributed by atoms with E-state index in [0.29, 0.717) is 61.1 Å². The van der Waals surface area contributed by atoms with E-state index in [2.05, 4.69) is 25.6 Å². The molecule has 3 aromatic rings. The third kappa shape index (κ3) is 5.49. The van der Waals surface area contributed by atoms with Crippen molar-refractivity contribution in [3.05, 3.63) is 58.6 Å². The van der Waals surface area contributed by atoms with E-state index in [0.717, 1.165) is 12.1 Å². The van der Waals surface area contributed by atoms with Gasteiger partial charge in [0.2, 0.25) is 17.7 Å². The highest BCUT2D eigenvalue weighted by Gasteiger charge is 2.31. The molecular formula is C22H24F3N7O2. The Kier molecular flexibility index (Phi) is 6.75. The number of alkyl halides is 3. The monoisotopic (exact) mass is 475 g/mol. The summed E-state index contributed by atoms with van der Waals surface area (Å²) >= 11 is 0. The van der Waals surface area contributed by atoms with Crippen LogP contribution in [0.4, 0.5) is 13.2 Å². The Morgan fingerprint density at radius 3 is 2.59 bits per heavy atom. The quantitative estimate of drug-likeness (QED) is 0.504. The molecule has 3 heterocycles. The molecule has 0 aliphatic carbocycles. The molecule has 1 fully saturated rings. The van der Waals surface area contributed by atoms with E-state index in [1.54, 1.807) is 11.8 Å². The molecule has 180 valence electrons. The summed E-state index contributed by atoms with van der Waals surface area (Å²) in [7, 11) is 0. The Labute approximate surface area is 193 Å². The zero-order chi connectivity index (χ0) is 24.3. The number of aromatic nitrogens is 6. The Morgan fingerprint density at radius 2 is 1.97 bits per heavy atom. The highest BCUT2D eigenvalue weighted by molar-refractivity contribution is 5.92. The summed E-state index contributed by atoms with van der Waals surface area (Å²) in [6.07, 6.45) is 0.502. The van der Waals surface area contributed by atoms with E-state index in [4.69, 9.17) is 4.42 Å². The van der Waals surface area contributed by atoms with Crippen LogP contribution in [0.2, 0.25) is 0 Å². The molecule has 0 bridgehead atoms. The van der Waals surface area contributed by atoms with E-state index in [1.165, 1.54) is 23.0 Å². The SMILES string of the molecule is CCc1nnc(C2CCN(C(=O)/C=C/c3ccc(C(F)(F)F)cc3Cn3nnc(C)n3)CC2)o1. The second-order valence-corrected chi connectivity index (χ2v) is 8.10. The molecular weight excluding hydrogens is 451 g/mol. The zero-order valence-electron chi connectivity index (χ0n) is 18.8. The Hall–Kier alpha value is -3.57. The number of rotatable bonds is 6. The number of halogens is 3. The van der Waals surface area contributed by atoms with Gasteiger partial charge in [0.1, 0.15) is 0 Å². The predicted molar refractivity (Wildman–Crippen MR) is 114 cm³/mol.